The molecular formula is C18H23ClN4O5. The van der Waals surface area contributed by atoms with Crippen LogP contribution in [-0.2, 0) is 14.2 Å². The fraction of sp³-hybridized carbons (Fsp3) is 0.667. The average Bonchev–Trinajstić information content (AvgIpc) is 3.38. The molecule has 0 amide bonds. The van der Waals surface area contributed by atoms with Crippen molar-refractivity contribution in [1.82, 2.24) is 15.0 Å². The third-order valence-electron chi connectivity index (χ3n) is 5.46. The van der Waals surface area contributed by atoms with Gasteiger partial charge >= 0.3 is 0 Å². The van der Waals surface area contributed by atoms with Crippen LogP contribution in [0, 0.1) is 5.92 Å². The summed E-state index contributed by atoms with van der Waals surface area (Å²) in [5.41, 5.74) is 1.21. The highest BCUT2D eigenvalue weighted by atomic mass is 35.5. The van der Waals surface area contributed by atoms with Crippen LogP contribution >= 0.6 is 11.6 Å². The van der Waals surface area contributed by atoms with Gasteiger partial charge in [-0.15, -0.1) is 0 Å². The van der Waals surface area contributed by atoms with E-state index in [1.165, 1.54) is 0 Å². The number of nitrogens with one attached hydrogen (secondary N) is 2. The summed E-state index contributed by atoms with van der Waals surface area (Å²) in [5, 5.41) is 13.7. The molecule has 5 rings (SSSR count). The molecule has 0 bridgehead atoms. The van der Waals surface area contributed by atoms with Gasteiger partial charge in [-0.25, -0.2) is 4.98 Å². The number of fused-ring (bicyclic) bond motifs is 2. The minimum absolute atomic E-state index is 0.257. The lowest BCUT2D eigenvalue weighted by molar-refractivity contribution is 0.00706. The highest BCUT2D eigenvalue weighted by Crippen LogP contribution is 2.31. The van der Waals surface area contributed by atoms with Gasteiger partial charge in [0.1, 0.15) is 24.1 Å². The molecule has 3 fully saturated rings. The van der Waals surface area contributed by atoms with Gasteiger partial charge in [-0.2, -0.15) is 4.98 Å². The van der Waals surface area contributed by atoms with Crippen LogP contribution in [0.5, 0.6) is 6.01 Å². The van der Waals surface area contributed by atoms with Crippen molar-refractivity contribution in [3.05, 3.63) is 11.1 Å². The van der Waals surface area contributed by atoms with E-state index in [1.54, 1.807) is 6.07 Å². The summed E-state index contributed by atoms with van der Waals surface area (Å²) >= 11 is 6.38. The van der Waals surface area contributed by atoms with E-state index in [2.05, 4.69) is 20.3 Å². The average molecular weight is 411 g/mol. The van der Waals surface area contributed by atoms with Crippen LogP contribution < -0.4 is 10.1 Å². The van der Waals surface area contributed by atoms with Crippen LogP contribution in [0.3, 0.4) is 0 Å². The number of aromatic nitrogens is 3. The van der Waals surface area contributed by atoms with Gasteiger partial charge in [0, 0.05) is 13.2 Å². The van der Waals surface area contributed by atoms with Gasteiger partial charge in [-0.1, -0.05) is 11.6 Å². The smallest absolute Gasteiger partial charge is 0.296 e. The summed E-state index contributed by atoms with van der Waals surface area (Å²) in [6, 6.07) is 2.11. The van der Waals surface area contributed by atoms with Crippen molar-refractivity contribution in [2.24, 2.45) is 5.92 Å². The number of anilines is 1. The Morgan fingerprint density at radius 3 is 3.00 bits per heavy atom. The number of hydrogen-bond acceptors (Lipinski definition) is 8. The first kappa shape index (κ1) is 18.4. The molecule has 1 unspecified atom stereocenters. The Balaban J connectivity index is 1.28. The number of hydrogen-bond donors (Lipinski definition) is 3. The zero-order chi connectivity index (χ0) is 19.1. The molecule has 3 aliphatic heterocycles. The lowest BCUT2D eigenvalue weighted by Crippen LogP contribution is -2.34. The quantitative estimate of drug-likeness (QED) is 0.677. The van der Waals surface area contributed by atoms with Crippen molar-refractivity contribution in [3.63, 3.8) is 0 Å². The Morgan fingerprint density at radius 1 is 1.25 bits per heavy atom. The Hall–Kier alpha value is -1.65. The second kappa shape index (κ2) is 7.64. The van der Waals surface area contributed by atoms with Gasteiger partial charge in [-0.05, 0) is 24.8 Å². The fourth-order valence-corrected chi connectivity index (χ4v) is 4.19. The van der Waals surface area contributed by atoms with Gasteiger partial charge in [-0.3, -0.25) is 0 Å². The molecule has 2 aromatic heterocycles. The monoisotopic (exact) mass is 410 g/mol. The molecule has 3 N–H and O–H groups in total. The molecule has 0 radical (unpaired) electrons. The van der Waals surface area contributed by atoms with E-state index in [0.717, 1.165) is 32.6 Å². The molecule has 0 saturated carbocycles. The minimum Gasteiger partial charge on any atom is -0.456 e. The minimum atomic E-state index is -0.613. The number of rotatable bonds is 5. The number of nitrogens with zero attached hydrogens (tertiary/aromatic N) is 2. The number of ether oxygens (including phenoxy) is 4. The Morgan fingerprint density at radius 2 is 2.14 bits per heavy atom. The van der Waals surface area contributed by atoms with Gasteiger partial charge < -0.3 is 34.4 Å². The first-order valence-corrected chi connectivity index (χ1v) is 10.0. The highest BCUT2D eigenvalue weighted by Gasteiger charge is 2.48. The molecule has 10 heteroatoms. The number of aliphatic hydroxyl groups excluding tert-OH is 1. The third kappa shape index (κ3) is 3.53. The van der Waals surface area contributed by atoms with Crippen molar-refractivity contribution in [2.45, 2.75) is 37.3 Å². The molecule has 9 nitrogen and oxygen atoms in total. The number of halogens is 1. The first-order chi connectivity index (χ1) is 13.7. The predicted molar refractivity (Wildman–Crippen MR) is 101 cm³/mol. The maximum atomic E-state index is 9.83. The lowest BCUT2D eigenvalue weighted by atomic mass is 10.0. The summed E-state index contributed by atoms with van der Waals surface area (Å²) in [6.07, 6.45) is 0.631. The summed E-state index contributed by atoms with van der Waals surface area (Å²) in [4.78, 5) is 12.0. The van der Waals surface area contributed by atoms with Crippen molar-refractivity contribution < 1.29 is 24.1 Å². The van der Waals surface area contributed by atoms with Gasteiger partial charge in [0.2, 0.25) is 0 Å². The van der Waals surface area contributed by atoms with E-state index in [1.807, 2.05) is 0 Å². The third-order valence-corrected chi connectivity index (χ3v) is 5.75. The van der Waals surface area contributed by atoms with Crippen molar-refractivity contribution in [1.29, 1.82) is 0 Å². The van der Waals surface area contributed by atoms with Crippen molar-refractivity contribution >= 4 is 28.6 Å². The molecule has 0 aliphatic carbocycles. The zero-order valence-corrected chi connectivity index (χ0v) is 16.0. The summed E-state index contributed by atoms with van der Waals surface area (Å²) in [6.45, 7) is 2.96. The topological polar surface area (TPSA) is 111 Å². The molecule has 5 atom stereocenters. The molecule has 0 spiro atoms. The van der Waals surface area contributed by atoms with E-state index < -0.39 is 6.10 Å². The Kier molecular flexibility index (Phi) is 5.02. The second-order valence-corrected chi connectivity index (χ2v) is 7.92. The van der Waals surface area contributed by atoms with Crippen LogP contribution in [0.15, 0.2) is 6.07 Å². The number of aromatic amines is 1. The van der Waals surface area contributed by atoms with Crippen LogP contribution in [0.25, 0.3) is 11.2 Å². The predicted octanol–water partition coefficient (Wildman–Crippen LogP) is 1.36. The molecular weight excluding hydrogens is 388 g/mol. The van der Waals surface area contributed by atoms with Gasteiger partial charge in [0.15, 0.2) is 11.8 Å². The van der Waals surface area contributed by atoms with Crippen molar-refractivity contribution in [2.75, 3.05) is 38.3 Å². The van der Waals surface area contributed by atoms with Crippen LogP contribution in [0.4, 0.5) is 5.82 Å². The normalized spacial score (nSPS) is 32.6. The molecule has 0 aromatic carbocycles. The molecule has 2 aromatic rings. The zero-order valence-electron chi connectivity index (χ0n) is 15.3. The fourth-order valence-electron chi connectivity index (χ4n) is 3.97. The largest absolute Gasteiger partial charge is 0.456 e. The Labute approximate surface area is 166 Å². The molecule has 3 aliphatic rings. The van der Waals surface area contributed by atoms with E-state index in [4.69, 9.17) is 30.5 Å². The van der Waals surface area contributed by atoms with Crippen LogP contribution in [-0.4, -0.2) is 77.4 Å². The number of imidazole rings is 1. The van der Waals surface area contributed by atoms with E-state index >= 15 is 0 Å². The summed E-state index contributed by atoms with van der Waals surface area (Å²) in [7, 11) is 0. The molecule has 152 valence electrons. The van der Waals surface area contributed by atoms with E-state index in [-0.39, 0.29) is 24.9 Å². The molecule has 5 heterocycles. The lowest BCUT2D eigenvalue weighted by Gasteiger charge is -2.22. The number of pyridine rings is 1. The summed E-state index contributed by atoms with van der Waals surface area (Å²) < 4.78 is 22.6. The Bertz CT molecular complexity index is 843. The van der Waals surface area contributed by atoms with Crippen LogP contribution in [0.2, 0.25) is 5.02 Å². The first-order valence-electron chi connectivity index (χ1n) is 9.63. The molecule has 28 heavy (non-hydrogen) atoms. The number of aliphatic hydroxyl groups is 1. The number of H-pyrrole nitrogens is 1. The van der Waals surface area contributed by atoms with E-state index in [9.17, 15) is 5.11 Å². The standard InChI is InChI=1S/C18H23ClN4O5/c19-10-4-11-17(22-16(10)20-5-9-2-1-3-25-6-9)23-18(21-11)28-13-8-27-14-12(24)7-26-15(13)14/h4,9,12-15,24H,1-3,5-8H2,(H2,20,21,22,23)/t9?,12-,13-,14-,15-/m1/s1. The molecule has 3 saturated heterocycles. The SMILES string of the molecule is O[C@@H]1CO[C@H]2[C@@H]1OC[C@H]2Oc1nc2nc(NCC3CCCOC3)c(Cl)cc2[nH]1. The van der Waals surface area contributed by atoms with Crippen LogP contribution in [0.1, 0.15) is 12.8 Å². The maximum Gasteiger partial charge on any atom is 0.296 e. The van der Waals surface area contributed by atoms with Gasteiger partial charge in [0.05, 0.1) is 30.4 Å². The van der Waals surface area contributed by atoms with Gasteiger partial charge in [0.25, 0.3) is 6.01 Å². The van der Waals surface area contributed by atoms with E-state index in [0.29, 0.717) is 40.5 Å². The maximum absolute atomic E-state index is 9.83. The second-order valence-electron chi connectivity index (χ2n) is 7.52. The highest BCUT2D eigenvalue weighted by molar-refractivity contribution is 6.33. The summed E-state index contributed by atoms with van der Waals surface area (Å²) in [5.74, 6) is 1.06. The van der Waals surface area contributed by atoms with Crippen molar-refractivity contribution in [3.8, 4) is 6.01 Å².